The van der Waals surface area contributed by atoms with E-state index in [1.807, 2.05) is 66.6 Å². The Kier molecular flexibility index (Phi) is 17.0. The SMILES string of the molecule is CCNC(=O)[C@]1(Cc2ccccc2)CCCN(C(=O)[C@@H](Cc2ccc3ccccc3c2)NC(=O)C2(SC)CCC(NC(=O)CCCCC[NH3+])C2)C1.O=C([O-])C(F)(F)F. The van der Waals surface area contributed by atoms with Crippen LogP contribution < -0.4 is 26.8 Å². The first-order chi connectivity index (χ1) is 27.6. The summed E-state index contributed by atoms with van der Waals surface area (Å²) < 4.78 is 30.8. The summed E-state index contributed by atoms with van der Waals surface area (Å²) in [6, 6.07) is 23.4. The number of nitrogens with zero attached hydrogens (tertiary/aromatic N) is 1. The number of hydrogen-bond acceptors (Lipinski definition) is 7. The number of carboxylic acid groups (broad SMARTS) is 1. The average molecular weight is 828 g/mol. The van der Waals surface area contributed by atoms with Crippen molar-refractivity contribution in [2.75, 3.05) is 32.4 Å². The minimum atomic E-state index is -5.19. The van der Waals surface area contributed by atoms with E-state index in [-0.39, 0.29) is 36.2 Å². The van der Waals surface area contributed by atoms with Gasteiger partial charge in [0.05, 0.1) is 16.7 Å². The molecule has 58 heavy (non-hydrogen) atoms. The Bertz CT molecular complexity index is 1870. The molecule has 2 aliphatic rings. The van der Waals surface area contributed by atoms with Crippen molar-refractivity contribution in [2.24, 2.45) is 5.41 Å². The number of quaternary nitrogens is 1. The molecule has 316 valence electrons. The third kappa shape index (κ3) is 12.7. The quantitative estimate of drug-likeness (QED) is 0.159. The van der Waals surface area contributed by atoms with E-state index in [1.54, 1.807) is 0 Å². The van der Waals surface area contributed by atoms with Gasteiger partial charge in [-0.2, -0.15) is 13.2 Å². The number of nitrogens with one attached hydrogen (secondary N) is 3. The molecule has 2 fully saturated rings. The lowest BCUT2D eigenvalue weighted by molar-refractivity contribution is -0.368. The minimum absolute atomic E-state index is 0.0296. The van der Waals surface area contributed by atoms with Gasteiger partial charge in [0.25, 0.3) is 0 Å². The molecule has 4 atom stereocenters. The highest BCUT2D eigenvalue weighted by Crippen LogP contribution is 2.41. The number of likely N-dealkylation sites (tertiary alicyclic amines) is 1. The molecule has 0 radical (unpaired) electrons. The minimum Gasteiger partial charge on any atom is -0.542 e. The Morgan fingerprint density at radius 1 is 0.931 bits per heavy atom. The Balaban J connectivity index is 0.000000973. The maximum Gasteiger partial charge on any atom is 0.430 e. The number of unbranched alkanes of at least 4 members (excludes halogenated alkanes) is 2. The van der Waals surface area contributed by atoms with Crippen molar-refractivity contribution >= 4 is 52.1 Å². The van der Waals surface area contributed by atoms with E-state index in [2.05, 4.69) is 45.9 Å². The number of amides is 4. The summed E-state index contributed by atoms with van der Waals surface area (Å²) in [4.78, 5) is 66.1. The third-order valence-corrected chi connectivity index (χ3v) is 12.3. The van der Waals surface area contributed by atoms with E-state index >= 15 is 0 Å². The van der Waals surface area contributed by atoms with Gasteiger partial charge in [0.2, 0.25) is 23.6 Å². The number of halogens is 3. The molecule has 1 aliphatic heterocycles. The van der Waals surface area contributed by atoms with Gasteiger partial charge in [0, 0.05) is 38.5 Å². The Morgan fingerprint density at radius 3 is 2.28 bits per heavy atom. The molecule has 1 heterocycles. The monoisotopic (exact) mass is 827 g/mol. The molecule has 4 amide bonds. The summed E-state index contributed by atoms with van der Waals surface area (Å²) in [5, 5.41) is 20.4. The lowest BCUT2D eigenvalue weighted by atomic mass is 9.74. The van der Waals surface area contributed by atoms with Crippen molar-refractivity contribution in [1.29, 1.82) is 0 Å². The molecule has 11 nitrogen and oxygen atoms in total. The normalized spacial score (nSPS) is 21.0. The molecule has 1 saturated carbocycles. The number of rotatable bonds is 16. The van der Waals surface area contributed by atoms with E-state index in [0.29, 0.717) is 64.5 Å². The first kappa shape index (κ1) is 46.1. The third-order valence-electron chi connectivity index (χ3n) is 11.0. The lowest BCUT2D eigenvalue weighted by Gasteiger charge is -2.43. The summed E-state index contributed by atoms with van der Waals surface area (Å²) in [6.45, 7) is 4.11. The molecule has 1 saturated heterocycles. The molecule has 0 spiro atoms. The van der Waals surface area contributed by atoms with Gasteiger partial charge in [-0.3, -0.25) is 19.2 Å². The zero-order valence-electron chi connectivity index (χ0n) is 33.3. The van der Waals surface area contributed by atoms with Gasteiger partial charge in [-0.1, -0.05) is 72.8 Å². The second-order valence-electron chi connectivity index (χ2n) is 15.2. The molecule has 0 aromatic heterocycles. The highest BCUT2D eigenvalue weighted by Gasteiger charge is 2.48. The van der Waals surface area contributed by atoms with Gasteiger partial charge >= 0.3 is 6.18 Å². The zero-order valence-corrected chi connectivity index (χ0v) is 34.2. The van der Waals surface area contributed by atoms with Crippen molar-refractivity contribution < 1.29 is 48.0 Å². The van der Waals surface area contributed by atoms with Gasteiger partial charge in [0.15, 0.2) is 0 Å². The molecule has 5 rings (SSSR count). The van der Waals surface area contributed by atoms with Crippen molar-refractivity contribution in [3.05, 3.63) is 83.9 Å². The first-order valence-electron chi connectivity index (χ1n) is 20.0. The van der Waals surface area contributed by atoms with Crippen LogP contribution in [0.3, 0.4) is 0 Å². The van der Waals surface area contributed by atoms with E-state index in [1.165, 1.54) is 11.8 Å². The van der Waals surface area contributed by atoms with Crippen LogP contribution in [0.25, 0.3) is 10.8 Å². The predicted molar refractivity (Wildman–Crippen MR) is 216 cm³/mol. The molecule has 3 aromatic rings. The fourth-order valence-electron chi connectivity index (χ4n) is 7.93. The second-order valence-corrected chi connectivity index (χ2v) is 16.4. The molecule has 3 aromatic carbocycles. The van der Waals surface area contributed by atoms with Gasteiger partial charge in [0.1, 0.15) is 12.0 Å². The largest absolute Gasteiger partial charge is 0.542 e. The van der Waals surface area contributed by atoms with Gasteiger partial charge in [-0.25, -0.2) is 0 Å². The number of carboxylic acids is 1. The lowest BCUT2D eigenvalue weighted by Crippen LogP contribution is -2.59. The van der Waals surface area contributed by atoms with Crippen LogP contribution in [-0.2, 0) is 36.8 Å². The highest BCUT2D eigenvalue weighted by atomic mass is 32.2. The molecular formula is C43H56F3N5O6S. The fraction of sp³-hybridized carbons (Fsp3) is 0.512. The first-order valence-corrected chi connectivity index (χ1v) is 21.2. The average Bonchev–Trinajstić information content (AvgIpc) is 3.63. The molecule has 0 bridgehead atoms. The van der Waals surface area contributed by atoms with E-state index in [4.69, 9.17) is 9.90 Å². The van der Waals surface area contributed by atoms with Crippen molar-refractivity contribution in [3.63, 3.8) is 0 Å². The number of piperidine rings is 1. The number of hydrogen-bond donors (Lipinski definition) is 4. The number of fused-ring (bicyclic) bond motifs is 1. The fourth-order valence-corrected chi connectivity index (χ4v) is 8.87. The topological polar surface area (TPSA) is 175 Å². The summed E-state index contributed by atoms with van der Waals surface area (Å²) in [5.41, 5.74) is 5.12. The maximum atomic E-state index is 14.7. The van der Waals surface area contributed by atoms with E-state index < -0.39 is 28.3 Å². The number of thioether (sulfide) groups is 1. The molecule has 1 aliphatic carbocycles. The van der Waals surface area contributed by atoms with E-state index in [0.717, 1.165) is 47.7 Å². The number of carbonyl (C=O) groups is 5. The zero-order chi connectivity index (χ0) is 42.3. The number of benzene rings is 3. The van der Waals surface area contributed by atoms with Crippen LogP contribution in [0.5, 0.6) is 0 Å². The Morgan fingerprint density at radius 2 is 1.62 bits per heavy atom. The number of carbonyl (C=O) groups excluding carboxylic acids is 5. The van der Waals surface area contributed by atoms with Gasteiger partial charge in [-0.15, -0.1) is 11.8 Å². The summed E-state index contributed by atoms with van der Waals surface area (Å²) in [7, 11) is 0. The van der Waals surface area contributed by atoms with Crippen molar-refractivity contribution in [3.8, 4) is 0 Å². The smallest absolute Gasteiger partial charge is 0.430 e. The Labute approximate surface area is 342 Å². The molecule has 6 N–H and O–H groups in total. The van der Waals surface area contributed by atoms with Crippen LogP contribution in [0.2, 0.25) is 0 Å². The highest BCUT2D eigenvalue weighted by molar-refractivity contribution is 8.00. The Hall–Kier alpha value is -4.63. The van der Waals surface area contributed by atoms with Crippen LogP contribution in [-0.4, -0.2) is 89.9 Å². The van der Waals surface area contributed by atoms with Crippen LogP contribution in [0.4, 0.5) is 13.2 Å². The second kappa shape index (κ2) is 21.4. The van der Waals surface area contributed by atoms with Crippen LogP contribution in [0.15, 0.2) is 72.8 Å². The summed E-state index contributed by atoms with van der Waals surface area (Å²) >= 11 is 1.50. The van der Waals surface area contributed by atoms with E-state index in [9.17, 15) is 32.3 Å². The van der Waals surface area contributed by atoms with Gasteiger partial charge in [-0.05, 0) is 92.9 Å². The van der Waals surface area contributed by atoms with Gasteiger partial charge < -0.3 is 36.5 Å². The van der Waals surface area contributed by atoms with Crippen molar-refractivity contribution in [2.45, 2.75) is 101 Å². The van der Waals surface area contributed by atoms with Crippen molar-refractivity contribution in [1.82, 2.24) is 20.9 Å². The van der Waals surface area contributed by atoms with Crippen LogP contribution in [0, 0.1) is 5.41 Å². The number of alkyl halides is 3. The van der Waals surface area contributed by atoms with Crippen LogP contribution in [0.1, 0.15) is 75.8 Å². The summed E-state index contributed by atoms with van der Waals surface area (Å²) in [5.74, 6) is -3.35. The molecule has 2 unspecified atom stereocenters. The van der Waals surface area contributed by atoms with Crippen LogP contribution >= 0.6 is 11.8 Å². The predicted octanol–water partition coefficient (Wildman–Crippen LogP) is 3.73. The standard InChI is InChI=1S/C41H55N5O4S.C2HF3O2/c1-3-43-38(49)40(27-30-13-6-4-7-14-30)21-12-24-46(29-40)37(48)35(26-31-18-19-32-15-9-10-16-33(32)25-31)45-39(50)41(51-2)22-20-34(28-41)44-36(47)17-8-5-11-23-42;3-2(4,5)1(6)7/h4,6-7,9-10,13-16,18-19,25,34-35H,3,5,8,11-12,17,20-24,26-29,42H2,1-2H3,(H,43,49)(H,44,47)(H,45,50);(H,6,7)/t34?,35-,40+,41?;/m1./s1. The number of aliphatic carboxylic acids is 1. The molecule has 15 heteroatoms. The molecular weight excluding hydrogens is 772 g/mol. The maximum absolute atomic E-state index is 14.7. The summed E-state index contributed by atoms with van der Waals surface area (Å²) in [6.07, 6.45) is 4.14.